The smallest absolute Gasteiger partial charge is 0.231 e. The van der Waals surface area contributed by atoms with Crippen molar-refractivity contribution in [2.45, 2.75) is 25.8 Å². The minimum Gasteiger partial charge on any atom is -0.507 e. The normalized spacial score (nSPS) is 18.0. The van der Waals surface area contributed by atoms with Gasteiger partial charge in [-0.05, 0) is 79.7 Å². The molecule has 2 aliphatic heterocycles. The number of pyridine rings is 1. The quantitative estimate of drug-likeness (QED) is 0.591. The minimum atomic E-state index is -0.153. The number of ketones is 1. The lowest BCUT2D eigenvalue weighted by atomic mass is 9.90. The fraction of sp³-hybridized carbons (Fsp3) is 0.259. The van der Waals surface area contributed by atoms with Gasteiger partial charge in [0.05, 0.1) is 11.1 Å². The highest BCUT2D eigenvalue weighted by Gasteiger charge is 2.32. The number of phenols is 1. The van der Waals surface area contributed by atoms with Gasteiger partial charge in [0, 0.05) is 18.9 Å². The van der Waals surface area contributed by atoms with Crippen molar-refractivity contribution < 1.29 is 14.6 Å². The van der Waals surface area contributed by atoms with Crippen molar-refractivity contribution in [1.29, 1.82) is 0 Å². The first kappa shape index (κ1) is 20.5. The zero-order chi connectivity index (χ0) is 21.9. The number of carbonyl (C=O) groups excluding carboxylic acids is 1. The Morgan fingerprint density at radius 1 is 1.03 bits per heavy atom. The number of allylic oxidation sites excluding steroid dienone is 1. The summed E-state index contributed by atoms with van der Waals surface area (Å²) >= 11 is 0. The third-order valence-corrected chi connectivity index (χ3v) is 6.38. The molecule has 0 radical (unpaired) electrons. The Morgan fingerprint density at radius 3 is 2.53 bits per heavy atom. The van der Waals surface area contributed by atoms with Gasteiger partial charge in [0.2, 0.25) is 5.78 Å². The largest absolute Gasteiger partial charge is 0.507 e. The van der Waals surface area contributed by atoms with Gasteiger partial charge in [-0.2, -0.15) is 0 Å². The number of ether oxygens (including phenoxy) is 1. The molecule has 0 bridgehead atoms. The molecule has 1 saturated heterocycles. The second-order valence-electron chi connectivity index (χ2n) is 8.57. The standard InChI is InChI=1S/C27H26N2O3/c30-24-7-6-22-26(31)25(17-20-8-12-28-13-9-20)32-27(22)23(24)18-29-14-10-21(11-15-29)16-19-4-2-1-3-5-19/h1-9,12-13,17,21,30H,10-11,14-16,18H2/b25-17+. The van der Waals surface area contributed by atoms with Crippen molar-refractivity contribution in [2.75, 3.05) is 13.1 Å². The van der Waals surface area contributed by atoms with E-state index in [1.54, 1.807) is 30.6 Å². The fourth-order valence-electron chi connectivity index (χ4n) is 4.58. The van der Waals surface area contributed by atoms with Gasteiger partial charge < -0.3 is 9.84 Å². The van der Waals surface area contributed by atoms with Crippen LogP contribution in [0.5, 0.6) is 11.5 Å². The number of benzene rings is 2. The molecule has 32 heavy (non-hydrogen) atoms. The second-order valence-corrected chi connectivity index (χ2v) is 8.57. The van der Waals surface area contributed by atoms with E-state index in [4.69, 9.17) is 4.74 Å². The molecule has 0 saturated carbocycles. The molecule has 3 heterocycles. The molecule has 1 fully saturated rings. The molecular formula is C27H26N2O3. The zero-order valence-corrected chi connectivity index (χ0v) is 17.9. The average Bonchev–Trinajstić information content (AvgIpc) is 3.13. The van der Waals surface area contributed by atoms with E-state index in [1.807, 2.05) is 12.1 Å². The van der Waals surface area contributed by atoms with Crippen molar-refractivity contribution in [3.63, 3.8) is 0 Å². The summed E-state index contributed by atoms with van der Waals surface area (Å²) in [6.07, 6.45) is 8.44. The highest BCUT2D eigenvalue weighted by molar-refractivity contribution is 6.14. The van der Waals surface area contributed by atoms with Crippen LogP contribution in [0.2, 0.25) is 0 Å². The van der Waals surface area contributed by atoms with Gasteiger partial charge in [0.1, 0.15) is 11.5 Å². The van der Waals surface area contributed by atoms with Crippen LogP contribution < -0.4 is 4.74 Å². The maximum absolute atomic E-state index is 12.9. The number of aromatic nitrogens is 1. The van der Waals surface area contributed by atoms with Gasteiger partial charge in [-0.25, -0.2) is 0 Å². The number of hydrogen-bond acceptors (Lipinski definition) is 5. The van der Waals surface area contributed by atoms with Gasteiger partial charge in [0.25, 0.3) is 0 Å². The number of rotatable bonds is 5. The maximum Gasteiger partial charge on any atom is 0.231 e. The highest BCUT2D eigenvalue weighted by atomic mass is 16.5. The van der Waals surface area contributed by atoms with Crippen molar-refractivity contribution in [2.24, 2.45) is 5.92 Å². The molecule has 2 aliphatic rings. The molecule has 0 amide bonds. The first-order chi connectivity index (χ1) is 15.7. The van der Waals surface area contributed by atoms with E-state index >= 15 is 0 Å². The number of likely N-dealkylation sites (tertiary alicyclic amines) is 1. The molecule has 0 spiro atoms. The lowest BCUT2D eigenvalue weighted by Gasteiger charge is -2.32. The number of phenolic OH excluding ortho intramolecular Hbond substituents is 1. The van der Waals surface area contributed by atoms with Crippen molar-refractivity contribution in [1.82, 2.24) is 9.88 Å². The molecule has 1 aromatic heterocycles. The summed E-state index contributed by atoms with van der Waals surface area (Å²) in [4.78, 5) is 19.2. The Morgan fingerprint density at radius 2 is 1.78 bits per heavy atom. The van der Waals surface area contributed by atoms with Crippen LogP contribution in [0.4, 0.5) is 0 Å². The number of carbonyl (C=O) groups is 1. The third kappa shape index (κ3) is 4.30. The SMILES string of the molecule is O=C1/C(=C\c2ccncc2)Oc2c1ccc(O)c2CN1CCC(Cc2ccccc2)CC1. The van der Waals surface area contributed by atoms with Gasteiger partial charge in [0.15, 0.2) is 5.76 Å². The first-order valence-electron chi connectivity index (χ1n) is 11.1. The Balaban J connectivity index is 1.28. The van der Waals surface area contributed by atoms with E-state index in [-0.39, 0.29) is 17.3 Å². The van der Waals surface area contributed by atoms with E-state index < -0.39 is 0 Å². The van der Waals surface area contributed by atoms with Gasteiger partial charge >= 0.3 is 0 Å². The summed E-state index contributed by atoms with van der Waals surface area (Å²) in [5.41, 5.74) is 3.44. The van der Waals surface area contributed by atoms with Crippen LogP contribution in [0, 0.1) is 5.92 Å². The van der Waals surface area contributed by atoms with Crippen molar-refractivity contribution >= 4 is 11.9 Å². The molecule has 162 valence electrons. The Hall–Kier alpha value is -3.44. The summed E-state index contributed by atoms with van der Waals surface area (Å²) in [6.45, 7) is 2.51. The predicted molar refractivity (Wildman–Crippen MR) is 123 cm³/mol. The minimum absolute atomic E-state index is 0.153. The third-order valence-electron chi connectivity index (χ3n) is 6.38. The van der Waals surface area contributed by atoms with Crippen LogP contribution in [-0.4, -0.2) is 33.9 Å². The lowest BCUT2D eigenvalue weighted by molar-refractivity contribution is 0.101. The van der Waals surface area contributed by atoms with Gasteiger partial charge in [-0.15, -0.1) is 0 Å². The zero-order valence-electron chi connectivity index (χ0n) is 17.9. The number of hydrogen-bond donors (Lipinski definition) is 1. The van der Waals surface area contributed by atoms with E-state index in [9.17, 15) is 9.90 Å². The molecule has 2 aromatic carbocycles. The second kappa shape index (κ2) is 8.97. The molecule has 0 unspecified atom stereocenters. The first-order valence-corrected chi connectivity index (χ1v) is 11.1. The Labute approximate surface area is 188 Å². The molecule has 0 atom stereocenters. The molecule has 0 aliphatic carbocycles. The summed E-state index contributed by atoms with van der Waals surface area (Å²) < 4.78 is 5.98. The lowest BCUT2D eigenvalue weighted by Crippen LogP contribution is -2.34. The van der Waals surface area contributed by atoms with E-state index in [2.05, 4.69) is 40.2 Å². The van der Waals surface area contributed by atoms with Crippen molar-refractivity contribution in [3.8, 4) is 11.5 Å². The fourth-order valence-corrected chi connectivity index (χ4v) is 4.58. The van der Waals surface area contributed by atoms with E-state index in [0.29, 0.717) is 29.3 Å². The van der Waals surface area contributed by atoms with Crippen LogP contribution in [0.15, 0.2) is 72.8 Å². The van der Waals surface area contributed by atoms with Crippen molar-refractivity contribution in [3.05, 3.63) is 95.0 Å². The molecule has 5 rings (SSSR count). The summed E-state index contributed by atoms with van der Waals surface area (Å²) in [5.74, 6) is 1.46. The van der Waals surface area contributed by atoms with E-state index in [0.717, 1.165) is 37.9 Å². The molecule has 5 heteroatoms. The van der Waals surface area contributed by atoms with Crippen LogP contribution >= 0.6 is 0 Å². The Bertz CT molecular complexity index is 1130. The number of fused-ring (bicyclic) bond motifs is 1. The number of aromatic hydroxyl groups is 1. The number of nitrogens with zero attached hydrogens (tertiary/aromatic N) is 2. The average molecular weight is 427 g/mol. The maximum atomic E-state index is 12.9. The van der Waals surface area contributed by atoms with Crippen LogP contribution in [0.3, 0.4) is 0 Å². The number of piperidine rings is 1. The molecule has 3 aromatic rings. The van der Waals surface area contributed by atoms with E-state index in [1.165, 1.54) is 5.56 Å². The Kier molecular flexibility index (Phi) is 5.73. The summed E-state index contributed by atoms with van der Waals surface area (Å²) in [6, 6.07) is 17.6. The van der Waals surface area contributed by atoms with Crippen LogP contribution in [0.25, 0.3) is 6.08 Å². The topological polar surface area (TPSA) is 62.7 Å². The van der Waals surface area contributed by atoms with Crippen LogP contribution in [0.1, 0.15) is 39.9 Å². The van der Waals surface area contributed by atoms with Crippen LogP contribution in [-0.2, 0) is 13.0 Å². The summed E-state index contributed by atoms with van der Waals surface area (Å²) in [5, 5.41) is 10.6. The monoisotopic (exact) mass is 426 g/mol. The molecular weight excluding hydrogens is 400 g/mol. The van der Waals surface area contributed by atoms with Gasteiger partial charge in [-0.3, -0.25) is 14.7 Å². The number of Topliss-reactive ketones (excluding diaryl/α,β-unsaturated/α-hetero) is 1. The molecule has 5 nitrogen and oxygen atoms in total. The van der Waals surface area contributed by atoms with Gasteiger partial charge in [-0.1, -0.05) is 30.3 Å². The summed E-state index contributed by atoms with van der Waals surface area (Å²) in [7, 11) is 0. The highest BCUT2D eigenvalue weighted by Crippen LogP contribution is 2.40. The predicted octanol–water partition coefficient (Wildman–Crippen LogP) is 4.86. The molecule has 1 N–H and O–H groups in total.